The van der Waals surface area contributed by atoms with Crippen molar-refractivity contribution in [2.75, 3.05) is 10.6 Å². The van der Waals surface area contributed by atoms with Gasteiger partial charge >= 0.3 is 0 Å². The van der Waals surface area contributed by atoms with Crippen molar-refractivity contribution in [2.45, 2.75) is 19.4 Å². The number of hydrogen-bond donors (Lipinski definition) is 2. The quantitative estimate of drug-likeness (QED) is 0.871. The molecule has 4 heteroatoms. The molecule has 2 N–H and O–H groups in total. The first kappa shape index (κ1) is 12.2. The van der Waals surface area contributed by atoms with E-state index in [2.05, 4.69) is 27.5 Å². The molecule has 1 aromatic heterocycles. The van der Waals surface area contributed by atoms with Crippen molar-refractivity contribution < 1.29 is 4.79 Å². The number of thiophene rings is 1. The van der Waals surface area contributed by atoms with Gasteiger partial charge in [-0.05, 0) is 59.5 Å². The maximum atomic E-state index is 11.6. The van der Waals surface area contributed by atoms with Gasteiger partial charge in [0.2, 0.25) is 5.91 Å². The first-order valence-corrected chi connectivity index (χ1v) is 7.41. The predicted molar refractivity (Wildman–Crippen MR) is 79.4 cm³/mol. The molecular weight excluding hydrogens is 256 g/mol. The molecule has 0 bridgehead atoms. The number of benzene rings is 1. The lowest BCUT2D eigenvalue weighted by molar-refractivity contribution is -0.117. The fraction of sp³-hybridized carbons (Fsp3) is 0.267. The van der Waals surface area contributed by atoms with Gasteiger partial charge in [-0.2, -0.15) is 11.3 Å². The molecule has 0 saturated heterocycles. The lowest BCUT2D eigenvalue weighted by atomic mass is 10.2. The molecule has 1 heterocycles. The summed E-state index contributed by atoms with van der Waals surface area (Å²) in [6.45, 7) is 0.831. The van der Waals surface area contributed by atoms with Crippen LogP contribution in [0.15, 0.2) is 41.1 Å². The molecule has 1 saturated carbocycles. The molecule has 3 rings (SSSR count). The first-order chi connectivity index (χ1) is 9.31. The van der Waals surface area contributed by atoms with E-state index in [1.807, 2.05) is 24.3 Å². The predicted octanol–water partition coefficient (Wildman–Crippen LogP) is 3.71. The summed E-state index contributed by atoms with van der Waals surface area (Å²) in [6.07, 6.45) is 2.07. The normalized spacial score (nSPS) is 14.1. The number of amides is 1. The van der Waals surface area contributed by atoms with Gasteiger partial charge in [0.1, 0.15) is 0 Å². The van der Waals surface area contributed by atoms with E-state index in [1.165, 1.54) is 5.56 Å². The largest absolute Gasteiger partial charge is 0.381 e. The van der Waals surface area contributed by atoms with Gasteiger partial charge in [0, 0.05) is 23.8 Å². The van der Waals surface area contributed by atoms with Crippen LogP contribution in [0.3, 0.4) is 0 Å². The highest BCUT2D eigenvalue weighted by Crippen LogP contribution is 2.30. The minimum atomic E-state index is 0.152. The SMILES string of the molecule is O=C(Nc1ccc(NCc2ccsc2)cc1)C1CC1. The average Bonchev–Trinajstić information content (AvgIpc) is 3.16. The Hall–Kier alpha value is -1.81. The van der Waals surface area contributed by atoms with E-state index in [1.54, 1.807) is 11.3 Å². The number of anilines is 2. The first-order valence-electron chi connectivity index (χ1n) is 6.47. The number of hydrogen-bond acceptors (Lipinski definition) is 3. The summed E-state index contributed by atoms with van der Waals surface area (Å²) in [5.74, 6) is 0.398. The third-order valence-electron chi connectivity index (χ3n) is 3.18. The number of rotatable bonds is 5. The minimum absolute atomic E-state index is 0.152. The second kappa shape index (κ2) is 5.45. The summed E-state index contributed by atoms with van der Waals surface area (Å²) < 4.78 is 0. The molecule has 0 unspecified atom stereocenters. The van der Waals surface area contributed by atoms with E-state index in [4.69, 9.17) is 0 Å². The van der Waals surface area contributed by atoms with E-state index in [9.17, 15) is 4.79 Å². The van der Waals surface area contributed by atoms with Crippen LogP contribution in [0.1, 0.15) is 18.4 Å². The van der Waals surface area contributed by atoms with Crippen molar-refractivity contribution >= 4 is 28.6 Å². The van der Waals surface area contributed by atoms with Crippen molar-refractivity contribution in [3.63, 3.8) is 0 Å². The zero-order valence-corrected chi connectivity index (χ0v) is 11.4. The van der Waals surface area contributed by atoms with Crippen LogP contribution in [0.5, 0.6) is 0 Å². The molecule has 1 fully saturated rings. The molecule has 0 atom stereocenters. The summed E-state index contributed by atoms with van der Waals surface area (Å²) in [5, 5.41) is 10.5. The number of carbonyl (C=O) groups is 1. The van der Waals surface area contributed by atoms with Gasteiger partial charge in [0.25, 0.3) is 0 Å². The number of nitrogens with one attached hydrogen (secondary N) is 2. The van der Waals surface area contributed by atoms with E-state index < -0.39 is 0 Å². The van der Waals surface area contributed by atoms with Crippen LogP contribution in [-0.4, -0.2) is 5.91 Å². The maximum Gasteiger partial charge on any atom is 0.227 e. The third-order valence-corrected chi connectivity index (χ3v) is 3.91. The smallest absolute Gasteiger partial charge is 0.227 e. The van der Waals surface area contributed by atoms with Crippen LogP contribution >= 0.6 is 11.3 Å². The molecule has 1 aliphatic rings. The van der Waals surface area contributed by atoms with Crippen LogP contribution in [0.25, 0.3) is 0 Å². The summed E-state index contributed by atoms with van der Waals surface area (Å²) in [4.78, 5) is 11.6. The average molecular weight is 272 g/mol. The fourth-order valence-electron chi connectivity index (χ4n) is 1.86. The van der Waals surface area contributed by atoms with Crippen molar-refractivity contribution in [1.82, 2.24) is 0 Å². The lowest BCUT2D eigenvalue weighted by Gasteiger charge is -2.07. The molecule has 98 valence electrons. The monoisotopic (exact) mass is 272 g/mol. The maximum absolute atomic E-state index is 11.6. The van der Waals surface area contributed by atoms with Gasteiger partial charge < -0.3 is 10.6 Å². The van der Waals surface area contributed by atoms with Crippen LogP contribution in [0.4, 0.5) is 11.4 Å². The van der Waals surface area contributed by atoms with Crippen molar-refractivity contribution in [3.8, 4) is 0 Å². The Kier molecular flexibility index (Phi) is 3.51. The highest BCUT2D eigenvalue weighted by molar-refractivity contribution is 7.07. The molecule has 0 spiro atoms. The zero-order valence-electron chi connectivity index (χ0n) is 10.6. The molecule has 1 aromatic carbocycles. The number of carbonyl (C=O) groups excluding carboxylic acids is 1. The highest BCUT2D eigenvalue weighted by atomic mass is 32.1. The molecule has 0 aliphatic heterocycles. The van der Waals surface area contributed by atoms with E-state index in [-0.39, 0.29) is 11.8 Å². The Labute approximate surface area is 116 Å². The summed E-state index contributed by atoms with van der Waals surface area (Å²) in [7, 11) is 0. The Morgan fingerprint density at radius 3 is 2.53 bits per heavy atom. The van der Waals surface area contributed by atoms with E-state index in [0.717, 1.165) is 30.8 Å². The van der Waals surface area contributed by atoms with Gasteiger partial charge in [-0.3, -0.25) is 4.79 Å². The molecule has 2 aromatic rings. The summed E-state index contributed by atoms with van der Waals surface area (Å²) in [6, 6.07) is 9.98. The van der Waals surface area contributed by atoms with Gasteiger partial charge in [0.15, 0.2) is 0 Å². The standard InChI is InChI=1S/C15H16N2OS/c18-15(12-1-2-12)17-14-5-3-13(4-6-14)16-9-11-7-8-19-10-11/h3-8,10,12,16H,1-2,9H2,(H,17,18). The van der Waals surface area contributed by atoms with Gasteiger partial charge in [-0.1, -0.05) is 0 Å². The molecule has 1 amide bonds. The summed E-state index contributed by atoms with van der Waals surface area (Å²) in [5.41, 5.74) is 3.23. The second-order valence-corrected chi connectivity index (χ2v) is 5.61. The Morgan fingerprint density at radius 2 is 1.89 bits per heavy atom. The molecule has 1 aliphatic carbocycles. The molecule has 3 nitrogen and oxygen atoms in total. The molecule has 0 radical (unpaired) electrons. The second-order valence-electron chi connectivity index (χ2n) is 4.83. The van der Waals surface area contributed by atoms with E-state index in [0.29, 0.717) is 0 Å². The summed E-state index contributed by atoms with van der Waals surface area (Å²) >= 11 is 1.71. The fourth-order valence-corrected chi connectivity index (χ4v) is 2.53. The Morgan fingerprint density at radius 1 is 1.16 bits per heavy atom. The van der Waals surface area contributed by atoms with Gasteiger partial charge in [-0.25, -0.2) is 0 Å². The minimum Gasteiger partial charge on any atom is -0.381 e. The van der Waals surface area contributed by atoms with Gasteiger partial charge in [0.05, 0.1) is 0 Å². The van der Waals surface area contributed by atoms with Crippen LogP contribution in [0.2, 0.25) is 0 Å². The molecule has 19 heavy (non-hydrogen) atoms. The highest BCUT2D eigenvalue weighted by Gasteiger charge is 2.29. The Bertz CT molecular complexity index is 544. The topological polar surface area (TPSA) is 41.1 Å². The van der Waals surface area contributed by atoms with Crippen LogP contribution in [0, 0.1) is 5.92 Å². The third kappa shape index (κ3) is 3.35. The molecular formula is C15H16N2OS. The lowest BCUT2D eigenvalue weighted by Crippen LogP contribution is -2.13. The van der Waals surface area contributed by atoms with Crippen LogP contribution < -0.4 is 10.6 Å². The zero-order chi connectivity index (χ0) is 13.1. The van der Waals surface area contributed by atoms with Crippen molar-refractivity contribution in [3.05, 3.63) is 46.7 Å². The van der Waals surface area contributed by atoms with Crippen molar-refractivity contribution in [1.29, 1.82) is 0 Å². The van der Waals surface area contributed by atoms with Crippen molar-refractivity contribution in [2.24, 2.45) is 5.92 Å². The Balaban J connectivity index is 1.54. The van der Waals surface area contributed by atoms with Crippen LogP contribution in [-0.2, 0) is 11.3 Å². The van der Waals surface area contributed by atoms with Gasteiger partial charge in [-0.15, -0.1) is 0 Å². The van der Waals surface area contributed by atoms with E-state index >= 15 is 0 Å².